The lowest BCUT2D eigenvalue weighted by Gasteiger charge is -2.72. The average Bonchev–Trinajstić information content (AvgIpc) is 3.22. The molecule has 0 saturated heterocycles. The van der Waals surface area contributed by atoms with Crippen LogP contribution in [0.15, 0.2) is 0 Å². The van der Waals surface area contributed by atoms with Crippen molar-refractivity contribution in [1.82, 2.24) is 0 Å². The van der Waals surface area contributed by atoms with Crippen LogP contribution in [-0.2, 0) is 9.53 Å². The summed E-state index contributed by atoms with van der Waals surface area (Å²) in [5.41, 5.74) is 0.343. The molecule has 0 aromatic heterocycles. The molecule has 4 nitrogen and oxygen atoms in total. The average molecular weight is 489 g/mol. The van der Waals surface area contributed by atoms with E-state index in [0.29, 0.717) is 29.6 Å². The molecule has 0 heterocycles. The van der Waals surface area contributed by atoms with E-state index >= 15 is 0 Å². The van der Waals surface area contributed by atoms with Gasteiger partial charge in [0, 0.05) is 6.61 Å². The Hall–Kier alpha value is -0.610. The van der Waals surface area contributed by atoms with Gasteiger partial charge in [0.25, 0.3) is 0 Å². The van der Waals surface area contributed by atoms with Crippen molar-refractivity contribution in [2.24, 2.45) is 62.6 Å². The molecule has 4 unspecified atom stereocenters. The number of esters is 1. The minimum absolute atomic E-state index is 0.0168. The first-order valence-electron chi connectivity index (χ1n) is 14.7. The van der Waals surface area contributed by atoms with E-state index in [1.807, 2.05) is 0 Å². The van der Waals surface area contributed by atoms with E-state index < -0.39 is 0 Å². The molecule has 11 atom stereocenters. The number of aliphatic hydroxyl groups excluding tert-OH is 2. The number of hydrogen-bond donors (Lipinski definition) is 2. The highest BCUT2D eigenvalue weighted by molar-refractivity contribution is 5.78. The van der Waals surface area contributed by atoms with Crippen molar-refractivity contribution in [2.75, 3.05) is 13.7 Å². The predicted molar refractivity (Wildman–Crippen MR) is 138 cm³/mol. The minimum atomic E-state index is -0.353. The summed E-state index contributed by atoms with van der Waals surface area (Å²) in [5, 5.41) is 21.1. The summed E-state index contributed by atoms with van der Waals surface area (Å²) in [5.74, 6) is 2.73. The van der Waals surface area contributed by atoms with Crippen molar-refractivity contribution in [3.05, 3.63) is 0 Å². The Balaban J connectivity index is 1.56. The van der Waals surface area contributed by atoms with Gasteiger partial charge in [-0.3, -0.25) is 4.79 Å². The van der Waals surface area contributed by atoms with Crippen molar-refractivity contribution in [1.29, 1.82) is 0 Å². The Morgan fingerprint density at radius 3 is 2.26 bits per heavy atom. The molecule has 4 heteroatoms. The highest BCUT2D eigenvalue weighted by Gasteiger charge is 2.72. The van der Waals surface area contributed by atoms with Crippen molar-refractivity contribution in [3.63, 3.8) is 0 Å². The maximum atomic E-state index is 13.4. The van der Waals surface area contributed by atoms with Crippen LogP contribution in [0.2, 0.25) is 0 Å². The van der Waals surface area contributed by atoms with Crippen molar-refractivity contribution < 1.29 is 19.7 Å². The molecular weight excluding hydrogens is 436 g/mol. The first-order chi connectivity index (χ1) is 16.3. The maximum absolute atomic E-state index is 13.4. The molecule has 0 spiro atoms. The number of carbonyl (C=O) groups excluding carboxylic acids is 1. The molecule has 35 heavy (non-hydrogen) atoms. The van der Waals surface area contributed by atoms with Crippen LogP contribution in [-0.4, -0.2) is 36.0 Å². The summed E-state index contributed by atoms with van der Waals surface area (Å²) in [7, 11) is 1.57. The van der Waals surface area contributed by atoms with Gasteiger partial charge in [-0.1, -0.05) is 41.5 Å². The van der Waals surface area contributed by atoms with Crippen molar-refractivity contribution in [3.8, 4) is 0 Å². The van der Waals surface area contributed by atoms with Crippen LogP contribution in [0.4, 0.5) is 0 Å². The fourth-order valence-electron chi connectivity index (χ4n) is 12.0. The van der Waals surface area contributed by atoms with E-state index in [-0.39, 0.29) is 51.7 Å². The van der Waals surface area contributed by atoms with Gasteiger partial charge in [0.05, 0.1) is 18.6 Å². The third-order valence-corrected chi connectivity index (χ3v) is 14.1. The maximum Gasteiger partial charge on any atom is 0.312 e. The lowest BCUT2D eigenvalue weighted by Crippen LogP contribution is -2.67. The topological polar surface area (TPSA) is 66.8 Å². The SMILES string of the molecule is COC(=O)[C@]12CC[C@@H]([C@H](C)CO)C1C1CCC3[C@@]4(C)CC[C@H](O)C(C)(C)C4CC[C@@]3(C)[C@]1(C)CC2. The van der Waals surface area contributed by atoms with E-state index in [1.54, 1.807) is 7.11 Å². The summed E-state index contributed by atoms with van der Waals surface area (Å²) in [6, 6.07) is 0. The third-order valence-electron chi connectivity index (χ3n) is 14.1. The van der Waals surface area contributed by atoms with Gasteiger partial charge in [-0.25, -0.2) is 0 Å². The highest BCUT2D eigenvalue weighted by Crippen LogP contribution is 2.77. The number of ether oxygens (including phenoxy) is 1. The fraction of sp³-hybridized carbons (Fsp3) is 0.968. The Kier molecular flexibility index (Phi) is 6.09. The van der Waals surface area contributed by atoms with Crippen LogP contribution in [0.3, 0.4) is 0 Å². The van der Waals surface area contributed by atoms with E-state index in [2.05, 4.69) is 41.5 Å². The monoisotopic (exact) mass is 488 g/mol. The third kappa shape index (κ3) is 3.14. The second kappa shape index (κ2) is 8.19. The lowest BCUT2D eigenvalue weighted by atomic mass is 9.32. The smallest absolute Gasteiger partial charge is 0.312 e. The van der Waals surface area contributed by atoms with Gasteiger partial charge >= 0.3 is 5.97 Å². The van der Waals surface area contributed by atoms with Gasteiger partial charge < -0.3 is 14.9 Å². The largest absolute Gasteiger partial charge is 0.469 e. The Morgan fingerprint density at radius 1 is 0.886 bits per heavy atom. The molecule has 5 fully saturated rings. The first kappa shape index (κ1) is 26.0. The zero-order valence-electron chi connectivity index (χ0n) is 23.5. The number of hydrogen-bond acceptors (Lipinski definition) is 4. The van der Waals surface area contributed by atoms with Gasteiger partial charge in [0.1, 0.15) is 0 Å². The molecule has 5 aliphatic rings. The Morgan fingerprint density at radius 2 is 1.60 bits per heavy atom. The Bertz CT molecular complexity index is 853. The molecule has 0 radical (unpaired) electrons. The number of aliphatic hydroxyl groups is 2. The molecule has 0 amide bonds. The molecule has 0 aromatic rings. The lowest BCUT2D eigenvalue weighted by molar-refractivity contribution is -0.250. The minimum Gasteiger partial charge on any atom is -0.469 e. The van der Waals surface area contributed by atoms with Gasteiger partial charge in [-0.2, -0.15) is 0 Å². The molecular formula is C31H52O4. The summed E-state index contributed by atoms with van der Waals surface area (Å²) in [6.45, 7) is 14.8. The zero-order valence-corrected chi connectivity index (χ0v) is 23.5. The predicted octanol–water partition coefficient (Wildman–Crippen LogP) is 6.23. The summed E-state index contributed by atoms with van der Waals surface area (Å²) in [4.78, 5) is 13.4. The molecule has 5 aliphatic carbocycles. The molecule has 5 rings (SSSR count). The van der Waals surface area contributed by atoms with E-state index in [0.717, 1.165) is 38.5 Å². The molecule has 0 bridgehead atoms. The standard InChI is InChI=1S/C31H52O4/c1-19(18-32)20-10-15-31(26(34)35-7)17-16-29(5)21(25(20)31)8-9-23-28(4)13-12-24(33)27(2,3)22(28)11-14-30(23,29)6/h19-25,32-33H,8-18H2,1-7H3/t19-,20+,21?,22?,23?,24+,25?,28+,29-,30-,31+/m1/s1. The van der Waals surface area contributed by atoms with Gasteiger partial charge in [0.15, 0.2) is 0 Å². The van der Waals surface area contributed by atoms with Crippen LogP contribution >= 0.6 is 0 Å². The van der Waals surface area contributed by atoms with Crippen molar-refractivity contribution in [2.45, 2.75) is 112 Å². The zero-order chi connectivity index (χ0) is 25.6. The molecule has 200 valence electrons. The molecule has 2 N–H and O–H groups in total. The van der Waals surface area contributed by atoms with Gasteiger partial charge in [0.2, 0.25) is 0 Å². The van der Waals surface area contributed by atoms with Crippen LogP contribution in [0.1, 0.15) is 106 Å². The van der Waals surface area contributed by atoms with Crippen LogP contribution in [0, 0.1) is 62.6 Å². The van der Waals surface area contributed by atoms with Gasteiger partial charge in [-0.15, -0.1) is 0 Å². The normalized spacial score (nSPS) is 53.5. The highest BCUT2D eigenvalue weighted by atomic mass is 16.5. The fourth-order valence-corrected chi connectivity index (χ4v) is 12.0. The second-order valence-electron chi connectivity index (χ2n) is 15.1. The van der Waals surface area contributed by atoms with Crippen LogP contribution in [0.5, 0.6) is 0 Å². The van der Waals surface area contributed by atoms with Crippen molar-refractivity contribution >= 4 is 5.97 Å². The van der Waals surface area contributed by atoms with Crippen LogP contribution in [0.25, 0.3) is 0 Å². The molecule has 0 aromatic carbocycles. The summed E-state index contributed by atoms with van der Waals surface area (Å²) in [6.07, 6.45) is 10.8. The Labute approximate surface area is 214 Å². The number of fused-ring (bicyclic) bond motifs is 7. The van der Waals surface area contributed by atoms with E-state index in [1.165, 1.54) is 25.7 Å². The number of carbonyl (C=O) groups is 1. The number of methoxy groups -OCH3 is 1. The quantitative estimate of drug-likeness (QED) is 0.462. The summed E-state index contributed by atoms with van der Waals surface area (Å²) < 4.78 is 5.50. The number of rotatable bonds is 3. The first-order valence-corrected chi connectivity index (χ1v) is 14.7. The molecule has 5 saturated carbocycles. The van der Waals surface area contributed by atoms with Gasteiger partial charge in [-0.05, 0) is 121 Å². The van der Waals surface area contributed by atoms with E-state index in [4.69, 9.17) is 4.74 Å². The second-order valence-corrected chi connectivity index (χ2v) is 15.1. The van der Waals surface area contributed by atoms with E-state index in [9.17, 15) is 15.0 Å². The molecule has 0 aliphatic heterocycles. The summed E-state index contributed by atoms with van der Waals surface area (Å²) >= 11 is 0. The van der Waals surface area contributed by atoms with Crippen LogP contribution < -0.4 is 0 Å².